The molecule has 0 aliphatic carbocycles. The van der Waals surface area contributed by atoms with E-state index in [0.29, 0.717) is 26.2 Å². The molecule has 408 valence electrons. The summed E-state index contributed by atoms with van der Waals surface area (Å²) >= 11 is 0. The van der Waals surface area contributed by atoms with Crippen molar-refractivity contribution in [3.8, 4) is 0 Å². The maximum atomic E-state index is 14.1. The maximum absolute atomic E-state index is 14.1. The zero-order chi connectivity index (χ0) is 53.1. The Hall–Kier alpha value is -3.52. The second-order valence-electron chi connectivity index (χ2n) is 20.0. The van der Waals surface area contributed by atoms with E-state index in [2.05, 4.69) is 10.3 Å². The molecule has 3 fully saturated rings. The lowest BCUT2D eigenvalue weighted by molar-refractivity contribution is -0.307. The summed E-state index contributed by atoms with van der Waals surface area (Å²) < 4.78 is 23.9. The molecule has 20 heteroatoms. The number of hydrogen-bond donors (Lipinski definition) is 12. The largest absolute Gasteiger partial charge is 0.462 e. The number of esters is 1. The molecule has 4 rings (SSSR count). The van der Waals surface area contributed by atoms with Crippen molar-refractivity contribution in [1.29, 1.82) is 0 Å². The first kappa shape index (κ1) is 61.0. The number of aliphatic hydroxyl groups is 10. The molecule has 72 heavy (non-hydrogen) atoms. The molecule has 0 aromatic rings. The van der Waals surface area contributed by atoms with Gasteiger partial charge in [-0.3, -0.25) is 15.0 Å². The Morgan fingerprint density at radius 2 is 1.26 bits per heavy atom. The van der Waals surface area contributed by atoms with Gasteiger partial charge in [0.1, 0.15) is 12.2 Å². The van der Waals surface area contributed by atoms with Gasteiger partial charge in [0.2, 0.25) is 5.91 Å². The number of carbonyl (C=O) groups excluding carboxylic acids is 2. The van der Waals surface area contributed by atoms with Gasteiger partial charge in [-0.15, -0.1) is 0 Å². The minimum Gasteiger partial charge on any atom is -0.462 e. The summed E-state index contributed by atoms with van der Waals surface area (Å²) in [5, 5.41) is 112. The van der Waals surface area contributed by atoms with Crippen molar-refractivity contribution in [2.24, 2.45) is 23.5 Å². The maximum Gasteiger partial charge on any atom is 0.308 e. The van der Waals surface area contributed by atoms with Crippen LogP contribution in [0, 0.1) is 17.8 Å². The molecule has 1 amide bonds. The zero-order valence-corrected chi connectivity index (χ0v) is 42.4. The molecular formula is C52H84N4O16. The van der Waals surface area contributed by atoms with Crippen molar-refractivity contribution in [2.45, 2.75) is 177 Å². The number of allylic oxidation sites excluding steroid dienone is 12. The summed E-state index contributed by atoms with van der Waals surface area (Å²) in [7, 11) is 1.96. The smallest absolute Gasteiger partial charge is 0.308 e. The Bertz CT molecular complexity index is 1860. The summed E-state index contributed by atoms with van der Waals surface area (Å²) in [5.74, 6) is -5.60. The third-order valence-electron chi connectivity index (χ3n) is 13.8. The number of amides is 1. The molecular weight excluding hydrogens is 937 g/mol. The van der Waals surface area contributed by atoms with Crippen molar-refractivity contribution in [1.82, 2.24) is 15.3 Å². The second-order valence-corrected chi connectivity index (χ2v) is 20.0. The Morgan fingerprint density at radius 1 is 0.681 bits per heavy atom. The summed E-state index contributed by atoms with van der Waals surface area (Å²) in [6, 6.07) is -1.13. The summed E-state index contributed by atoms with van der Waals surface area (Å²) in [6.45, 7) is 9.16. The van der Waals surface area contributed by atoms with Gasteiger partial charge < -0.3 is 80.6 Å². The Kier molecular flexibility index (Phi) is 25.5. The standard InChI is InChI=1S/C52H84N4O16/c1-32-18-16-14-12-10-8-6-7-9-11-13-15-17-19-39(71-51-49(66)46(53)48(65)35(4)70-51)29-43-45(50(67)54-56-24-22-55(5)23-25-56)42(62)31-52(68,72-43)30-38(59)27-41(61)40(60)21-20-36(57)26-37(58)28-44(63)69-34(3)33(2)47(32)64/h6-19,32-43,45-49,51,57-62,64-66,68H,20-31,53H2,1-5H3,(H,54,67)/b7-6+,10-8+,11-9+,14-12+,15-13+,18-16+,19-17+/t32-,33-,34-,35+,36+,37+,38-,39-,40+,41+,42-,43-,45+,46-,47+,48+,49-,51-,52+/m0/s1. The van der Waals surface area contributed by atoms with Gasteiger partial charge in [0.05, 0.1) is 85.5 Å². The fourth-order valence-corrected chi connectivity index (χ4v) is 9.14. The summed E-state index contributed by atoms with van der Waals surface area (Å²) in [6.07, 6.45) is 4.89. The number of fused-ring (bicyclic) bond motifs is 2. The van der Waals surface area contributed by atoms with E-state index in [1.807, 2.05) is 56.5 Å². The third-order valence-corrected chi connectivity index (χ3v) is 13.8. The summed E-state index contributed by atoms with van der Waals surface area (Å²) in [5.41, 5.74) is 9.01. The molecule has 0 aromatic heterocycles. The van der Waals surface area contributed by atoms with Crippen LogP contribution in [0.3, 0.4) is 0 Å². The van der Waals surface area contributed by atoms with Crippen LogP contribution in [-0.4, -0.2) is 204 Å². The molecule has 3 saturated heterocycles. The number of hydrazine groups is 1. The molecule has 20 nitrogen and oxygen atoms in total. The molecule has 0 unspecified atom stereocenters. The minimum atomic E-state index is -2.27. The van der Waals surface area contributed by atoms with Crippen LogP contribution in [0.25, 0.3) is 0 Å². The van der Waals surface area contributed by atoms with E-state index in [1.165, 1.54) is 0 Å². The number of ether oxygens (including phenoxy) is 4. The van der Waals surface area contributed by atoms with Crippen LogP contribution in [0.4, 0.5) is 0 Å². The van der Waals surface area contributed by atoms with E-state index in [4.69, 9.17) is 24.7 Å². The monoisotopic (exact) mass is 1020 g/mol. The van der Waals surface area contributed by atoms with Crippen LogP contribution in [0.2, 0.25) is 0 Å². The average Bonchev–Trinajstić information content (AvgIpc) is 3.30. The van der Waals surface area contributed by atoms with Gasteiger partial charge in [-0.1, -0.05) is 98.9 Å². The first-order chi connectivity index (χ1) is 34.1. The topological polar surface area (TPSA) is 318 Å². The highest BCUT2D eigenvalue weighted by molar-refractivity contribution is 5.79. The van der Waals surface area contributed by atoms with Gasteiger partial charge in [-0.2, -0.15) is 0 Å². The highest BCUT2D eigenvalue weighted by Gasteiger charge is 2.51. The molecule has 4 aliphatic heterocycles. The number of cyclic esters (lactones) is 1. The number of nitrogens with one attached hydrogen (secondary N) is 1. The van der Waals surface area contributed by atoms with Crippen molar-refractivity contribution in [2.75, 3.05) is 33.2 Å². The first-order valence-corrected chi connectivity index (χ1v) is 25.3. The van der Waals surface area contributed by atoms with Gasteiger partial charge in [-0.05, 0) is 40.2 Å². The lowest BCUT2D eigenvalue weighted by Crippen LogP contribution is -2.62. The average molecular weight is 1020 g/mol. The number of aliphatic hydroxyl groups excluding tert-OH is 9. The Morgan fingerprint density at radius 3 is 1.88 bits per heavy atom. The van der Waals surface area contributed by atoms with Crippen LogP contribution < -0.4 is 11.2 Å². The highest BCUT2D eigenvalue weighted by atomic mass is 16.7. The number of piperazine rings is 1. The number of carbonyl (C=O) groups is 2. The number of likely N-dealkylation sites (N-methyl/N-ethyl adjacent to an activating group) is 1. The molecule has 0 aromatic carbocycles. The molecule has 4 aliphatic rings. The summed E-state index contributed by atoms with van der Waals surface area (Å²) in [4.78, 5) is 28.9. The molecule has 2 bridgehead atoms. The van der Waals surface area contributed by atoms with E-state index in [9.17, 15) is 60.7 Å². The lowest BCUT2D eigenvalue weighted by Gasteiger charge is -2.46. The van der Waals surface area contributed by atoms with Crippen molar-refractivity contribution < 1.29 is 79.6 Å². The molecule has 0 radical (unpaired) electrons. The highest BCUT2D eigenvalue weighted by Crippen LogP contribution is 2.38. The molecule has 0 spiro atoms. The SMILES string of the molecule is C[C@@H]1[C@H](O)[C@@H](C)/C=C/C=C/C=C/C=C/C=C/C=C/C=C/[C@H](O[C@@H]2O[C@H](C)[C@@H](O)[C@H](N)[C@@H]2O)C[C@@H]2O[C@](O)(C[C@@H](O)C[C@@H](O)[C@H](O)CC[C@@H](O)C[C@@H](O)CC(=O)O[C@H]1C)C[C@H](O)[C@H]2C(=O)NN1CCN(C)CC1. The van der Waals surface area contributed by atoms with Crippen LogP contribution in [0.1, 0.15) is 79.1 Å². The number of nitrogens with two attached hydrogens (primary N) is 1. The molecule has 4 heterocycles. The fourth-order valence-electron chi connectivity index (χ4n) is 9.14. The molecule has 13 N–H and O–H groups in total. The fraction of sp³-hybridized carbons (Fsp3) is 0.692. The zero-order valence-electron chi connectivity index (χ0n) is 42.4. The number of nitrogens with zero attached hydrogens (tertiary/aromatic N) is 2. The van der Waals surface area contributed by atoms with E-state index in [-0.39, 0.29) is 31.6 Å². The van der Waals surface area contributed by atoms with Crippen LogP contribution in [-0.2, 0) is 28.5 Å². The predicted molar refractivity (Wildman–Crippen MR) is 267 cm³/mol. The number of hydrogen-bond acceptors (Lipinski definition) is 19. The van der Waals surface area contributed by atoms with Gasteiger partial charge >= 0.3 is 5.97 Å². The van der Waals surface area contributed by atoms with Crippen LogP contribution in [0.5, 0.6) is 0 Å². The normalized spacial score (nSPS) is 44.0. The molecule has 0 saturated carbocycles. The van der Waals surface area contributed by atoms with E-state index in [1.54, 1.807) is 68.3 Å². The van der Waals surface area contributed by atoms with Crippen LogP contribution >= 0.6 is 0 Å². The van der Waals surface area contributed by atoms with E-state index >= 15 is 0 Å². The second kappa shape index (κ2) is 30.1. The van der Waals surface area contributed by atoms with Gasteiger partial charge in [0.25, 0.3) is 0 Å². The minimum absolute atomic E-state index is 0.0922. The molecule has 19 atom stereocenters. The van der Waals surface area contributed by atoms with Gasteiger partial charge in [0, 0.05) is 63.7 Å². The van der Waals surface area contributed by atoms with E-state index < -0.39 is 147 Å². The Balaban J connectivity index is 1.60. The van der Waals surface area contributed by atoms with Gasteiger partial charge in [0.15, 0.2) is 12.1 Å². The lowest BCUT2D eigenvalue weighted by atomic mass is 9.82. The van der Waals surface area contributed by atoms with E-state index in [0.717, 1.165) is 0 Å². The first-order valence-electron chi connectivity index (χ1n) is 25.3. The number of rotatable bonds is 4. The third kappa shape index (κ3) is 20.0. The van der Waals surface area contributed by atoms with Crippen molar-refractivity contribution in [3.63, 3.8) is 0 Å². The quantitative estimate of drug-likeness (QED) is 0.164. The van der Waals surface area contributed by atoms with Crippen molar-refractivity contribution in [3.05, 3.63) is 85.1 Å². The van der Waals surface area contributed by atoms with Crippen LogP contribution in [0.15, 0.2) is 85.1 Å². The Labute approximate surface area is 424 Å². The van der Waals surface area contributed by atoms with Crippen molar-refractivity contribution >= 4 is 11.9 Å². The van der Waals surface area contributed by atoms with Gasteiger partial charge in [-0.25, -0.2) is 5.01 Å². The predicted octanol–water partition coefficient (Wildman–Crippen LogP) is -0.0943.